The van der Waals surface area contributed by atoms with E-state index in [1.807, 2.05) is 0 Å². The third kappa shape index (κ3) is 2.69. The summed E-state index contributed by atoms with van der Waals surface area (Å²) in [7, 11) is 3.40. The highest BCUT2D eigenvalue weighted by Gasteiger charge is 2.13. The third-order valence-corrected chi connectivity index (χ3v) is 2.07. The van der Waals surface area contributed by atoms with Crippen molar-refractivity contribution >= 4 is 29.0 Å². The number of anilines is 2. The molecule has 0 saturated carbocycles. The molecule has 6 nitrogen and oxygen atoms in total. The molecule has 0 radical (unpaired) electrons. The van der Waals surface area contributed by atoms with E-state index in [-0.39, 0.29) is 6.54 Å². The number of carbonyl (C=O) groups is 1. The molecule has 1 heterocycles. The zero-order valence-corrected chi connectivity index (χ0v) is 9.25. The molecule has 0 saturated heterocycles. The van der Waals surface area contributed by atoms with Gasteiger partial charge in [-0.15, -0.1) is 0 Å². The number of primary amides is 1. The van der Waals surface area contributed by atoms with Crippen LogP contribution in [-0.4, -0.2) is 36.5 Å². The average Bonchev–Trinajstić information content (AvgIpc) is 2.16. The Morgan fingerprint density at radius 3 is 2.87 bits per heavy atom. The van der Waals surface area contributed by atoms with E-state index in [0.717, 1.165) is 0 Å². The number of hydrogen-bond acceptors (Lipinski definition) is 5. The highest BCUT2D eigenvalue weighted by molar-refractivity contribution is 6.32. The highest BCUT2D eigenvalue weighted by Crippen LogP contribution is 2.27. The van der Waals surface area contributed by atoms with Crippen LogP contribution >= 0.6 is 11.6 Å². The van der Waals surface area contributed by atoms with Gasteiger partial charge in [0.2, 0.25) is 5.91 Å². The summed E-state index contributed by atoms with van der Waals surface area (Å²) in [5, 5.41) is 3.17. The molecule has 0 aliphatic carbocycles. The van der Waals surface area contributed by atoms with Crippen LogP contribution in [0.2, 0.25) is 5.15 Å². The number of nitrogens with two attached hydrogens (primary N) is 1. The number of halogens is 1. The number of rotatable bonds is 4. The largest absolute Gasteiger partial charge is 0.383 e. The van der Waals surface area contributed by atoms with E-state index in [0.29, 0.717) is 16.7 Å². The molecule has 0 aliphatic rings. The van der Waals surface area contributed by atoms with Gasteiger partial charge in [0.15, 0.2) is 11.0 Å². The fraction of sp³-hybridized carbons (Fsp3) is 0.375. The Kier molecular flexibility index (Phi) is 3.68. The lowest BCUT2D eigenvalue weighted by atomic mass is 10.4. The van der Waals surface area contributed by atoms with Gasteiger partial charge in [0, 0.05) is 14.1 Å². The van der Waals surface area contributed by atoms with Gasteiger partial charge in [0.1, 0.15) is 12.0 Å². The van der Waals surface area contributed by atoms with Crippen LogP contribution < -0.4 is 16.0 Å². The molecule has 0 spiro atoms. The Bertz CT molecular complexity index is 370. The van der Waals surface area contributed by atoms with E-state index in [1.165, 1.54) is 6.33 Å². The van der Waals surface area contributed by atoms with Gasteiger partial charge in [-0.05, 0) is 0 Å². The number of nitrogens with zero attached hydrogens (tertiary/aromatic N) is 3. The number of nitrogens with one attached hydrogen (secondary N) is 1. The molecule has 0 aromatic carbocycles. The van der Waals surface area contributed by atoms with Crippen molar-refractivity contribution in [1.82, 2.24) is 9.97 Å². The molecule has 82 valence electrons. The van der Waals surface area contributed by atoms with E-state index in [1.54, 1.807) is 19.0 Å². The molecular weight excluding hydrogens is 218 g/mol. The van der Waals surface area contributed by atoms with Crippen LogP contribution in [0.5, 0.6) is 0 Å². The first-order valence-electron chi connectivity index (χ1n) is 4.24. The zero-order valence-electron chi connectivity index (χ0n) is 8.49. The summed E-state index contributed by atoms with van der Waals surface area (Å²) in [6.45, 7) is 0.0715. The lowest BCUT2D eigenvalue weighted by Gasteiger charge is -2.19. The van der Waals surface area contributed by atoms with Crippen molar-refractivity contribution in [2.24, 2.45) is 5.73 Å². The summed E-state index contributed by atoms with van der Waals surface area (Å²) in [6.07, 6.45) is 1.33. The van der Waals surface area contributed by atoms with Crippen molar-refractivity contribution in [2.75, 3.05) is 30.9 Å². The Balaban J connectivity index is 3.02. The number of carbonyl (C=O) groups excluding carboxylic acids is 1. The van der Waals surface area contributed by atoms with Crippen molar-refractivity contribution < 1.29 is 4.79 Å². The van der Waals surface area contributed by atoms with Crippen molar-refractivity contribution in [3.8, 4) is 0 Å². The molecule has 7 heteroatoms. The SMILES string of the molecule is CNc1c(Cl)ncnc1N(C)CC(N)=O. The fourth-order valence-corrected chi connectivity index (χ4v) is 1.39. The molecule has 0 aliphatic heterocycles. The van der Waals surface area contributed by atoms with Crippen molar-refractivity contribution in [3.05, 3.63) is 11.5 Å². The lowest BCUT2D eigenvalue weighted by molar-refractivity contribution is -0.116. The fourth-order valence-electron chi connectivity index (χ4n) is 1.17. The lowest BCUT2D eigenvalue weighted by Crippen LogP contribution is -2.31. The minimum Gasteiger partial charge on any atom is -0.383 e. The number of hydrogen-bond donors (Lipinski definition) is 2. The van der Waals surface area contributed by atoms with Crippen LogP contribution in [0.25, 0.3) is 0 Å². The van der Waals surface area contributed by atoms with Crippen LogP contribution in [0.15, 0.2) is 6.33 Å². The van der Waals surface area contributed by atoms with Crippen molar-refractivity contribution in [2.45, 2.75) is 0 Å². The summed E-state index contributed by atoms with van der Waals surface area (Å²) in [5.41, 5.74) is 5.66. The Hall–Kier alpha value is -1.56. The molecule has 15 heavy (non-hydrogen) atoms. The smallest absolute Gasteiger partial charge is 0.236 e. The second kappa shape index (κ2) is 4.79. The molecule has 1 aromatic heterocycles. The molecule has 0 fully saturated rings. The van der Waals surface area contributed by atoms with Gasteiger partial charge >= 0.3 is 0 Å². The summed E-state index contributed by atoms with van der Waals surface area (Å²) in [6, 6.07) is 0. The van der Waals surface area contributed by atoms with Gasteiger partial charge in [-0.25, -0.2) is 9.97 Å². The van der Waals surface area contributed by atoms with E-state index < -0.39 is 5.91 Å². The number of amides is 1. The normalized spacial score (nSPS) is 9.80. The second-order valence-electron chi connectivity index (χ2n) is 2.94. The highest BCUT2D eigenvalue weighted by atomic mass is 35.5. The van der Waals surface area contributed by atoms with Gasteiger partial charge < -0.3 is 16.0 Å². The molecule has 0 bridgehead atoms. The quantitative estimate of drug-likeness (QED) is 0.715. The molecule has 0 atom stereocenters. The third-order valence-electron chi connectivity index (χ3n) is 1.79. The van der Waals surface area contributed by atoms with Gasteiger partial charge in [0.05, 0.1) is 6.54 Å². The predicted octanol–water partition coefficient (Wildman–Crippen LogP) is 0.0932. The summed E-state index contributed by atoms with van der Waals surface area (Å²) < 4.78 is 0. The van der Waals surface area contributed by atoms with Crippen molar-refractivity contribution in [1.29, 1.82) is 0 Å². The topological polar surface area (TPSA) is 84.1 Å². The zero-order chi connectivity index (χ0) is 11.4. The maximum atomic E-state index is 10.8. The van der Waals surface area contributed by atoms with Gasteiger partial charge in [-0.3, -0.25) is 4.79 Å². The first-order chi connectivity index (χ1) is 7.06. The minimum absolute atomic E-state index is 0.0715. The van der Waals surface area contributed by atoms with Gasteiger partial charge in [0.25, 0.3) is 0 Å². The standard InChI is InChI=1S/C8H12ClN5O/c1-11-6-7(9)12-4-13-8(6)14(2)3-5(10)15/h4,11H,3H2,1-2H3,(H2,10,15). The van der Waals surface area contributed by atoms with E-state index >= 15 is 0 Å². The maximum Gasteiger partial charge on any atom is 0.236 e. The minimum atomic E-state index is -0.436. The Morgan fingerprint density at radius 2 is 2.33 bits per heavy atom. The summed E-state index contributed by atoms with van der Waals surface area (Å²) >= 11 is 5.85. The second-order valence-corrected chi connectivity index (χ2v) is 3.29. The molecule has 1 rings (SSSR count). The van der Waals surface area contributed by atoms with Crippen molar-refractivity contribution in [3.63, 3.8) is 0 Å². The van der Waals surface area contributed by atoms with Crippen LogP contribution in [0.4, 0.5) is 11.5 Å². The average molecular weight is 230 g/mol. The molecule has 3 N–H and O–H groups in total. The first-order valence-corrected chi connectivity index (χ1v) is 4.61. The molecule has 0 unspecified atom stereocenters. The first kappa shape index (κ1) is 11.5. The predicted molar refractivity (Wildman–Crippen MR) is 59.1 cm³/mol. The van der Waals surface area contributed by atoms with Gasteiger partial charge in [-0.2, -0.15) is 0 Å². The van der Waals surface area contributed by atoms with Crippen LogP contribution in [-0.2, 0) is 4.79 Å². The number of likely N-dealkylation sites (N-methyl/N-ethyl adjacent to an activating group) is 1. The molecule has 1 aromatic rings. The summed E-state index contributed by atoms with van der Waals surface area (Å²) in [5.74, 6) is 0.102. The Morgan fingerprint density at radius 1 is 1.67 bits per heavy atom. The maximum absolute atomic E-state index is 10.8. The van der Waals surface area contributed by atoms with E-state index in [9.17, 15) is 4.79 Å². The summed E-state index contributed by atoms with van der Waals surface area (Å²) in [4.78, 5) is 20.2. The van der Waals surface area contributed by atoms with E-state index in [4.69, 9.17) is 17.3 Å². The monoisotopic (exact) mass is 229 g/mol. The van der Waals surface area contributed by atoms with E-state index in [2.05, 4.69) is 15.3 Å². The van der Waals surface area contributed by atoms with Crippen LogP contribution in [0.1, 0.15) is 0 Å². The molecular formula is C8H12ClN5O. The van der Waals surface area contributed by atoms with Crippen LogP contribution in [0, 0.1) is 0 Å². The van der Waals surface area contributed by atoms with Crippen LogP contribution in [0.3, 0.4) is 0 Å². The van der Waals surface area contributed by atoms with Gasteiger partial charge in [-0.1, -0.05) is 11.6 Å². The Labute approximate surface area is 92.4 Å². The number of aromatic nitrogens is 2. The molecule has 1 amide bonds.